The molecule has 72 valence electrons. The molecule has 0 aliphatic rings. The molecule has 0 unspecified atom stereocenters. The van der Waals surface area contributed by atoms with E-state index < -0.39 is 17.5 Å². The van der Waals surface area contributed by atoms with Crippen LogP contribution in [0.2, 0.25) is 0 Å². The summed E-state index contributed by atoms with van der Waals surface area (Å²) >= 11 is 0. The van der Waals surface area contributed by atoms with E-state index in [1.54, 1.807) is 0 Å². The van der Waals surface area contributed by atoms with Crippen LogP contribution in [0, 0.1) is 6.92 Å². The Hall–Kier alpha value is -1.39. The van der Waals surface area contributed by atoms with Gasteiger partial charge >= 0.3 is 0 Å². The average Bonchev–Trinajstić information content (AvgIpc) is 2.02. The number of rotatable bonds is 2. The van der Waals surface area contributed by atoms with E-state index in [1.807, 2.05) is 0 Å². The normalized spacial score (nSPS) is 10.5. The minimum Gasteiger partial charge on any atom is -0.482 e. The maximum atomic E-state index is 12.3. The van der Waals surface area contributed by atoms with Gasteiger partial charge in [0.15, 0.2) is 5.88 Å². The molecule has 0 aliphatic carbocycles. The Balaban J connectivity index is 3.32. The summed E-state index contributed by atoms with van der Waals surface area (Å²) in [6, 6.07) is 1.36. The second kappa shape index (κ2) is 3.55. The summed E-state index contributed by atoms with van der Waals surface area (Å²) in [7, 11) is 1.35. The molecule has 0 saturated heterocycles. The molecule has 1 aromatic rings. The van der Waals surface area contributed by atoms with Gasteiger partial charge in [0.05, 0.1) is 12.7 Å². The van der Waals surface area contributed by atoms with Crippen LogP contribution in [-0.4, -0.2) is 12.1 Å². The summed E-state index contributed by atoms with van der Waals surface area (Å²) in [4.78, 5) is 13.2. The Bertz CT molecular complexity index is 360. The molecule has 0 aliphatic heterocycles. The van der Waals surface area contributed by atoms with Crippen molar-refractivity contribution < 1.29 is 13.5 Å². The summed E-state index contributed by atoms with van der Waals surface area (Å²) in [5.74, 6) is 0.187. The van der Waals surface area contributed by atoms with Crippen molar-refractivity contribution in [1.82, 2.24) is 4.98 Å². The first-order chi connectivity index (χ1) is 6.06. The molecule has 1 N–H and O–H groups in total. The first-order valence-corrected chi connectivity index (χ1v) is 3.62. The Morgan fingerprint density at radius 1 is 1.54 bits per heavy atom. The van der Waals surface area contributed by atoms with Crippen LogP contribution in [0.25, 0.3) is 0 Å². The lowest BCUT2D eigenvalue weighted by molar-refractivity contribution is 0.148. The van der Waals surface area contributed by atoms with Crippen molar-refractivity contribution in [2.45, 2.75) is 13.3 Å². The minimum atomic E-state index is -2.75. The van der Waals surface area contributed by atoms with E-state index in [-0.39, 0.29) is 11.4 Å². The lowest BCUT2D eigenvalue weighted by atomic mass is 10.1. The Labute approximate surface area is 73.4 Å². The van der Waals surface area contributed by atoms with Crippen molar-refractivity contribution in [2.75, 3.05) is 7.11 Å². The molecule has 3 nitrogen and oxygen atoms in total. The molecule has 0 aromatic carbocycles. The number of aromatic nitrogens is 1. The van der Waals surface area contributed by atoms with Gasteiger partial charge in [-0.05, 0) is 12.5 Å². The van der Waals surface area contributed by atoms with Crippen molar-refractivity contribution in [1.29, 1.82) is 0 Å². The van der Waals surface area contributed by atoms with Crippen LogP contribution in [0.4, 0.5) is 8.78 Å². The lowest BCUT2D eigenvalue weighted by Gasteiger charge is -2.05. The van der Waals surface area contributed by atoms with Gasteiger partial charge in [0.2, 0.25) is 0 Å². The molecule has 1 rings (SSSR count). The third kappa shape index (κ3) is 1.85. The first-order valence-electron chi connectivity index (χ1n) is 3.62. The molecule has 1 heterocycles. The van der Waals surface area contributed by atoms with Crippen LogP contribution in [0.1, 0.15) is 17.6 Å². The van der Waals surface area contributed by atoms with E-state index >= 15 is 0 Å². The van der Waals surface area contributed by atoms with Crippen molar-refractivity contribution in [3.8, 4) is 5.88 Å². The molecular formula is C8H9F2NO2. The summed E-state index contributed by atoms with van der Waals surface area (Å²) in [5, 5.41) is 0. The van der Waals surface area contributed by atoms with Gasteiger partial charge in [0.1, 0.15) is 0 Å². The zero-order valence-electron chi connectivity index (χ0n) is 7.23. The fourth-order valence-electron chi connectivity index (χ4n) is 1.05. The monoisotopic (exact) mass is 189 g/mol. The van der Waals surface area contributed by atoms with Gasteiger partial charge in [-0.15, -0.1) is 0 Å². The van der Waals surface area contributed by atoms with Crippen LogP contribution >= 0.6 is 0 Å². The molecule has 0 spiro atoms. The number of halogens is 2. The number of alkyl halides is 2. The Morgan fingerprint density at radius 2 is 2.15 bits per heavy atom. The molecule has 1 aromatic heterocycles. The van der Waals surface area contributed by atoms with Crippen LogP contribution in [-0.2, 0) is 0 Å². The van der Waals surface area contributed by atoms with Gasteiger partial charge in [0, 0.05) is 6.07 Å². The maximum Gasteiger partial charge on any atom is 0.269 e. The molecule has 0 atom stereocenters. The third-order valence-corrected chi connectivity index (χ3v) is 1.69. The second-order valence-electron chi connectivity index (χ2n) is 2.56. The van der Waals surface area contributed by atoms with Gasteiger partial charge < -0.3 is 4.74 Å². The highest BCUT2D eigenvalue weighted by Crippen LogP contribution is 2.20. The number of H-pyrrole nitrogens is 1. The number of aromatic amines is 1. The zero-order chi connectivity index (χ0) is 10.0. The van der Waals surface area contributed by atoms with Crippen molar-refractivity contribution >= 4 is 0 Å². The highest BCUT2D eigenvalue weighted by molar-refractivity contribution is 5.28. The van der Waals surface area contributed by atoms with Crippen molar-refractivity contribution in [2.24, 2.45) is 0 Å². The summed E-state index contributed by atoms with van der Waals surface area (Å²) < 4.78 is 29.2. The molecule has 0 bridgehead atoms. The lowest BCUT2D eigenvalue weighted by Crippen LogP contribution is -2.15. The van der Waals surface area contributed by atoms with E-state index in [4.69, 9.17) is 4.74 Å². The fourth-order valence-corrected chi connectivity index (χ4v) is 1.05. The zero-order valence-corrected chi connectivity index (χ0v) is 7.23. The summed E-state index contributed by atoms with van der Waals surface area (Å²) in [6.07, 6.45) is -2.75. The van der Waals surface area contributed by atoms with Crippen LogP contribution < -0.4 is 10.3 Å². The highest BCUT2D eigenvalue weighted by atomic mass is 19.3. The van der Waals surface area contributed by atoms with E-state index in [0.29, 0.717) is 0 Å². The standard InChI is InChI=1S/C8H9F2NO2/c1-4-3-5(13-2)11-8(12)6(4)7(9)10/h3,7H,1-2H3,(H,11,12). The van der Waals surface area contributed by atoms with Gasteiger partial charge in [-0.3, -0.25) is 9.78 Å². The number of pyridine rings is 1. The van der Waals surface area contributed by atoms with Crippen LogP contribution in [0.3, 0.4) is 0 Å². The predicted molar refractivity (Wildman–Crippen MR) is 43.3 cm³/mol. The van der Waals surface area contributed by atoms with Gasteiger partial charge in [-0.25, -0.2) is 8.78 Å². The van der Waals surface area contributed by atoms with E-state index in [9.17, 15) is 13.6 Å². The molecule has 0 saturated carbocycles. The van der Waals surface area contributed by atoms with Crippen molar-refractivity contribution in [3.63, 3.8) is 0 Å². The average molecular weight is 189 g/mol. The van der Waals surface area contributed by atoms with Gasteiger partial charge in [0.25, 0.3) is 12.0 Å². The van der Waals surface area contributed by atoms with Crippen molar-refractivity contribution in [3.05, 3.63) is 27.5 Å². The fraction of sp³-hybridized carbons (Fsp3) is 0.375. The first kappa shape index (κ1) is 9.70. The molecule has 0 amide bonds. The second-order valence-corrected chi connectivity index (χ2v) is 2.56. The number of methoxy groups -OCH3 is 1. The summed E-state index contributed by atoms with van der Waals surface area (Å²) in [5.41, 5.74) is -1.07. The highest BCUT2D eigenvalue weighted by Gasteiger charge is 2.15. The SMILES string of the molecule is COc1cc(C)c(C(F)F)c(=O)[nH]1. The molecule has 0 radical (unpaired) electrons. The van der Waals surface area contributed by atoms with E-state index in [2.05, 4.69) is 4.98 Å². The smallest absolute Gasteiger partial charge is 0.269 e. The quantitative estimate of drug-likeness (QED) is 0.768. The number of ether oxygens (including phenoxy) is 1. The van der Waals surface area contributed by atoms with Crippen LogP contribution in [0.5, 0.6) is 5.88 Å². The van der Waals surface area contributed by atoms with Crippen LogP contribution in [0.15, 0.2) is 10.9 Å². The minimum absolute atomic E-state index is 0.187. The topological polar surface area (TPSA) is 42.1 Å². The molecule has 0 fully saturated rings. The Kier molecular flexibility index (Phi) is 2.65. The van der Waals surface area contributed by atoms with Gasteiger partial charge in [-0.1, -0.05) is 0 Å². The summed E-state index contributed by atoms with van der Waals surface area (Å²) in [6.45, 7) is 1.44. The third-order valence-electron chi connectivity index (χ3n) is 1.69. The molecule has 13 heavy (non-hydrogen) atoms. The number of hydrogen-bond donors (Lipinski definition) is 1. The number of aryl methyl sites for hydroxylation is 1. The molecule has 5 heteroatoms. The largest absolute Gasteiger partial charge is 0.482 e. The predicted octanol–water partition coefficient (Wildman–Crippen LogP) is 1.63. The van der Waals surface area contributed by atoms with Gasteiger partial charge in [-0.2, -0.15) is 0 Å². The number of nitrogens with one attached hydrogen (secondary N) is 1. The van der Waals surface area contributed by atoms with E-state index in [0.717, 1.165) is 0 Å². The molecular weight excluding hydrogens is 180 g/mol. The Morgan fingerprint density at radius 3 is 2.54 bits per heavy atom. The number of hydrogen-bond acceptors (Lipinski definition) is 2. The van der Waals surface area contributed by atoms with E-state index in [1.165, 1.54) is 20.1 Å². The maximum absolute atomic E-state index is 12.3.